The van der Waals surface area contributed by atoms with E-state index in [9.17, 15) is 18.0 Å². The number of sulfonamides is 1. The van der Waals surface area contributed by atoms with Crippen LogP contribution in [0, 0.1) is 0 Å². The summed E-state index contributed by atoms with van der Waals surface area (Å²) in [5, 5.41) is 7.52. The van der Waals surface area contributed by atoms with Crippen LogP contribution in [0.15, 0.2) is 75.5 Å². The Hall–Kier alpha value is -3.15. The third-order valence-electron chi connectivity index (χ3n) is 4.59. The number of rotatable bonds is 8. The van der Waals surface area contributed by atoms with Crippen molar-refractivity contribution in [3.63, 3.8) is 0 Å². The van der Waals surface area contributed by atoms with Crippen molar-refractivity contribution in [2.24, 2.45) is 5.14 Å². The van der Waals surface area contributed by atoms with Crippen molar-refractivity contribution in [3.8, 4) is 0 Å². The van der Waals surface area contributed by atoms with Gasteiger partial charge in [0.15, 0.2) is 5.16 Å². The lowest BCUT2D eigenvalue weighted by Gasteiger charge is -2.17. The third kappa shape index (κ3) is 6.19. The molecule has 1 atom stereocenters. The van der Waals surface area contributed by atoms with E-state index in [4.69, 9.17) is 10.9 Å². The van der Waals surface area contributed by atoms with Gasteiger partial charge in [-0.25, -0.2) is 13.6 Å². The predicted molar refractivity (Wildman–Crippen MR) is 125 cm³/mol. The number of carbonyl (C=O) groups is 1. The molecule has 168 valence electrons. The summed E-state index contributed by atoms with van der Waals surface area (Å²) < 4.78 is 24.4. The Balaban J connectivity index is 1.72. The van der Waals surface area contributed by atoms with Gasteiger partial charge in [-0.1, -0.05) is 42.1 Å². The quantitative estimate of drug-likeness (QED) is 0.334. The number of amides is 1. The number of hydrogen-bond acceptors (Lipinski definition) is 7. The van der Waals surface area contributed by atoms with Crippen molar-refractivity contribution in [1.29, 1.82) is 0 Å². The second kappa shape index (κ2) is 9.98. The van der Waals surface area contributed by atoms with Crippen LogP contribution >= 0.6 is 11.8 Å². The molecule has 0 fully saturated rings. The number of benzene rings is 2. The summed E-state index contributed by atoms with van der Waals surface area (Å²) >= 11 is 1.11. The number of nitrogens with zero attached hydrogens (tertiary/aromatic N) is 2. The van der Waals surface area contributed by atoms with Gasteiger partial charge in [0.1, 0.15) is 5.82 Å². The average molecular weight is 474 g/mol. The molecule has 1 unspecified atom stereocenters. The maximum atomic E-state index is 12.6. The third-order valence-corrected chi connectivity index (χ3v) is 6.61. The smallest absolute Gasteiger partial charge is 0.275 e. The van der Waals surface area contributed by atoms with Crippen molar-refractivity contribution < 1.29 is 13.2 Å². The van der Waals surface area contributed by atoms with E-state index in [-0.39, 0.29) is 16.6 Å². The van der Waals surface area contributed by atoms with Crippen LogP contribution in [-0.4, -0.2) is 29.1 Å². The van der Waals surface area contributed by atoms with Crippen LogP contribution in [0.25, 0.3) is 0 Å². The van der Waals surface area contributed by atoms with E-state index in [0.29, 0.717) is 23.8 Å². The Morgan fingerprint density at radius 3 is 2.44 bits per heavy atom. The number of nitrogen functional groups attached to an aromatic ring is 1. The molecule has 2 aromatic carbocycles. The van der Waals surface area contributed by atoms with Gasteiger partial charge in [-0.2, -0.15) is 4.98 Å². The van der Waals surface area contributed by atoms with Crippen LogP contribution in [0.5, 0.6) is 0 Å². The molecule has 1 amide bonds. The van der Waals surface area contributed by atoms with E-state index in [1.807, 2.05) is 30.3 Å². The fraction of sp³-hybridized carbons (Fsp3) is 0.190. The van der Waals surface area contributed by atoms with Gasteiger partial charge in [0.25, 0.3) is 5.56 Å². The van der Waals surface area contributed by atoms with E-state index in [1.165, 1.54) is 30.3 Å². The van der Waals surface area contributed by atoms with Crippen LogP contribution < -0.4 is 21.7 Å². The number of nitrogens with one attached hydrogen (secondary N) is 1. The number of thioether (sulfide) groups is 1. The van der Waals surface area contributed by atoms with Gasteiger partial charge in [0, 0.05) is 18.3 Å². The first-order valence-corrected chi connectivity index (χ1v) is 12.1. The standard InChI is InChI=1S/C21H23N5O4S2/c1-14(20(28)24-16-7-9-17(10-8-16)32(23,29)30)31-21-25-19(27)13-18(22)26(21)12-11-15-5-3-2-4-6-15/h2-10,13-14H,11-12,22H2,1H3,(H,24,28)(H2,23,29,30). The van der Waals surface area contributed by atoms with E-state index < -0.39 is 20.8 Å². The largest absolute Gasteiger partial charge is 0.385 e. The second-order valence-corrected chi connectivity index (χ2v) is 9.88. The van der Waals surface area contributed by atoms with Crippen LogP contribution in [0.4, 0.5) is 11.5 Å². The molecule has 1 aromatic heterocycles. The number of anilines is 2. The van der Waals surface area contributed by atoms with Gasteiger partial charge in [0.05, 0.1) is 10.1 Å². The lowest BCUT2D eigenvalue weighted by molar-refractivity contribution is -0.115. The minimum absolute atomic E-state index is 0.0516. The topological polar surface area (TPSA) is 150 Å². The molecular formula is C21H23N5O4S2. The zero-order chi connectivity index (χ0) is 23.3. The molecule has 0 saturated heterocycles. The maximum Gasteiger partial charge on any atom is 0.275 e. The first kappa shape index (κ1) is 23.5. The van der Waals surface area contributed by atoms with Crippen molar-refractivity contribution in [2.75, 3.05) is 11.1 Å². The van der Waals surface area contributed by atoms with Crippen LogP contribution in [0.3, 0.4) is 0 Å². The SMILES string of the molecule is CC(Sc1nc(=O)cc(N)n1CCc1ccccc1)C(=O)Nc1ccc(S(N)(=O)=O)cc1. The fourth-order valence-corrected chi connectivity index (χ4v) is 4.35. The van der Waals surface area contributed by atoms with Crippen molar-refractivity contribution in [1.82, 2.24) is 9.55 Å². The van der Waals surface area contributed by atoms with Gasteiger partial charge in [0.2, 0.25) is 15.9 Å². The molecule has 0 bridgehead atoms. The summed E-state index contributed by atoms with van der Waals surface area (Å²) in [7, 11) is -3.81. The number of hydrogen-bond donors (Lipinski definition) is 3. The summed E-state index contributed by atoms with van der Waals surface area (Å²) in [6.45, 7) is 2.17. The van der Waals surface area contributed by atoms with Gasteiger partial charge in [-0.15, -0.1) is 0 Å². The second-order valence-electron chi connectivity index (χ2n) is 7.01. The molecule has 1 heterocycles. The molecule has 0 aliphatic heterocycles. The summed E-state index contributed by atoms with van der Waals surface area (Å²) in [6, 6.07) is 16.6. The summed E-state index contributed by atoms with van der Waals surface area (Å²) in [4.78, 5) is 28.5. The normalized spacial score (nSPS) is 12.3. The molecule has 5 N–H and O–H groups in total. The molecule has 3 rings (SSSR count). The first-order valence-electron chi connectivity index (χ1n) is 9.65. The molecule has 0 aliphatic carbocycles. The van der Waals surface area contributed by atoms with Crippen molar-refractivity contribution in [3.05, 3.63) is 76.6 Å². The molecular weight excluding hydrogens is 450 g/mol. The Kier molecular flexibility index (Phi) is 7.33. The highest BCUT2D eigenvalue weighted by molar-refractivity contribution is 8.00. The summed E-state index contributed by atoms with van der Waals surface area (Å²) in [6.07, 6.45) is 0.681. The molecule has 0 aliphatic rings. The molecule has 11 heteroatoms. The lowest BCUT2D eigenvalue weighted by atomic mass is 10.1. The monoisotopic (exact) mass is 473 g/mol. The zero-order valence-electron chi connectivity index (χ0n) is 17.3. The molecule has 3 aromatic rings. The van der Waals surface area contributed by atoms with E-state index in [1.54, 1.807) is 11.5 Å². The van der Waals surface area contributed by atoms with E-state index >= 15 is 0 Å². The van der Waals surface area contributed by atoms with Crippen molar-refractivity contribution >= 4 is 39.2 Å². The Bertz CT molecular complexity index is 1260. The van der Waals surface area contributed by atoms with Gasteiger partial charge >= 0.3 is 0 Å². The van der Waals surface area contributed by atoms with Gasteiger partial charge < -0.3 is 15.6 Å². The molecule has 9 nitrogen and oxygen atoms in total. The Morgan fingerprint density at radius 1 is 1.16 bits per heavy atom. The number of nitrogens with two attached hydrogens (primary N) is 2. The maximum absolute atomic E-state index is 12.6. The fourth-order valence-electron chi connectivity index (χ4n) is 2.89. The molecule has 0 radical (unpaired) electrons. The Morgan fingerprint density at radius 2 is 1.81 bits per heavy atom. The number of carbonyl (C=O) groups excluding carboxylic acids is 1. The van der Waals surface area contributed by atoms with Crippen molar-refractivity contribution in [2.45, 2.75) is 35.2 Å². The number of aromatic nitrogens is 2. The number of aryl methyl sites for hydroxylation is 1. The van der Waals surface area contributed by atoms with Gasteiger partial charge in [-0.05, 0) is 43.2 Å². The molecule has 0 spiro atoms. The van der Waals surface area contributed by atoms with E-state index in [2.05, 4.69) is 10.3 Å². The van der Waals surface area contributed by atoms with Crippen LogP contribution in [0.2, 0.25) is 0 Å². The highest BCUT2D eigenvalue weighted by Gasteiger charge is 2.19. The first-order chi connectivity index (χ1) is 15.1. The molecule has 32 heavy (non-hydrogen) atoms. The highest BCUT2D eigenvalue weighted by atomic mass is 32.2. The predicted octanol–water partition coefficient (Wildman–Crippen LogP) is 1.83. The van der Waals surface area contributed by atoms with E-state index in [0.717, 1.165) is 17.3 Å². The zero-order valence-corrected chi connectivity index (χ0v) is 18.9. The highest BCUT2D eigenvalue weighted by Crippen LogP contribution is 2.24. The molecule has 0 saturated carbocycles. The minimum Gasteiger partial charge on any atom is -0.385 e. The lowest BCUT2D eigenvalue weighted by Crippen LogP contribution is -2.25. The summed E-state index contributed by atoms with van der Waals surface area (Å²) in [5.41, 5.74) is 7.10. The van der Waals surface area contributed by atoms with Crippen LogP contribution in [-0.2, 0) is 27.8 Å². The average Bonchev–Trinajstić information content (AvgIpc) is 2.73. The summed E-state index contributed by atoms with van der Waals surface area (Å²) in [5.74, 6) is -0.0701. The minimum atomic E-state index is -3.81. The Labute approximate surface area is 189 Å². The van der Waals surface area contributed by atoms with Gasteiger partial charge in [-0.3, -0.25) is 9.59 Å². The van der Waals surface area contributed by atoms with Crippen LogP contribution in [0.1, 0.15) is 12.5 Å². The number of primary sulfonamides is 1.